The van der Waals surface area contributed by atoms with E-state index in [1.807, 2.05) is 6.08 Å². The highest BCUT2D eigenvalue weighted by Gasteiger charge is 2.20. The van der Waals surface area contributed by atoms with Crippen molar-refractivity contribution >= 4 is 0 Å². The molecular weight excluding hydrogens is 136 g/mol. The van der Waals surface area contributed by atoms with E-state index < -0.39 is 0 Å². The Balaban J connectivity index is 2.62. The van der Waals surface area contributed by atoms with Crippen LogP contribution < -0.4 is 0 Å². The van der Waals surface area contributed by atoms with Gasteiger partial charge in [0.05, 0.1) is 5.76 Å². The van der Waals surface area contributed by atoms with Gasteiger partial charge in [0.25, 0.3) is 0 Å². The third kappa shape index (κ3) is 1.98. The number of allylic oxidation sites excluding steroid dienone is 2. The van der Waals surface area contributed by atoms with Crippen LogP contribution in [0, 0.1) is 17.8 Å². The zero-order valence-electron chi connectivity index (χ0n) is 7.67. The topological polar surface area (TPSA) is 20.2 Å². The van der Waals surface area contributed by atoms with Gasteiger partial charge in [0, 0.05) is 5.92 Å². The van der Waals surface area contributed by atoms with Gasteiger partial charge in [0.15, 0.2) is 0 Å². The molecule has 0 aromatic carbocycles. The fourth-order valence-corrected chi connectivity index (χ4v) is 1.58. The van der Waals surface area contributed by atoms with Crippen LogP contribution in [0.5, 0.6) is 0 Å². The van der Waals surface area contributed by atoms with Crippen molar-refractivity contribution in [3.8, 4) is 0 Å². The Labute approximate surface area is 69.1 Å². The van der Waals surface area contributed by atoms with E-state index in [0.717, 1.165) is 6.42 Å². The third-order valence-corrected chi connectivity index (χ3v) is 2.68. The van der Waals surface area contributed by atoms with E-state index in [1.165, 1.54) is 6.42 Å². The average molecular weight is 154 g/mol. The maximum atomic E-state index is 9.46. The van der Waals surface area contributed by atoms with Gasteiger partial charge in [-0.3, -0.25) is 0 Å². The van der Waals surface area contributed by atoms with Crippen molar-refractivity contribution in [1.82, 2.24) is 0 Å². The van der Waals surface area contributed by atoms with E-state index in [0.29, 0.717) is 23.5 Å². The van der Waals surface area contributed by atoms with Crippen LogP contribution in [0.2, 0.25) is 0 Å². The zero-order valence-corrected chi connectivity index (χ0v) is 7.67. The molecule has 0 saturated heterocycles. The van der Waals surface area contributed by atoms with E-state index in [1.54, 1.807) is 0 Å². The molecule has 1 nitrogen and oxygen atoms in total. The molecule has 1 rings (SSSR count). The second-order valence-corrected chi connectivity index (χ2v) is 3.98. The van der Waals surface area contributed by atoms with Gasteiger partial charge < -0.3 is 5.11 Å². The minimum absolute atomic E-state index is 0.394. The van der Waals surface area contributed by atoms with Gasteiger partial charge in [-0.1, -0.05) is 20.8 Å². The van der Waals surface area contributed by atoms with Gasteiger partial charge in [0.1, 0.15) is 0 Å². The molecule has 0 heterocycles. The molecule has 0 amide bonds. The van der Waals surface area contributed by atoms with Gasteiger partial charge in [-0.2, -0.15) is 0 Å². The van der Waals surface area contributed by atoms with Crippen LogP contribution in [0.4, 0.5) is 0 Å². The highest BCUT2D eigenvalue weighted by molar-refractivity contribution is 5.03. The molecule has 1 aliphatic carbocycles. The molecule has 2 atom stereocenters. The van der Waals surface area contributed by atoms with Gasteiger partial charge in [-0.15, -0.1) is 0 Å². The van der Waals surface area contributed by atoms with Crippen LogP contribution in [-0.4, -0.2) is 5.11 Å². The summed E-state index contributed by atoms with van der Waals surface area (Å²) in [6.07, 6.45) is 4.42. The Kier molecular flexibility index (Phi) is 2.58. The van der Waals surface area contributed by atoms with Gasteiger partial charge in [-0.25, -0.2) is 0 Å². The maximum Gasteiger partial charge on any atom is 0.0913 e. The second kappa shape index (κ2) is 3.29. The smallest absolute Gasteiger partial charge is 0.0913 e. The van der Waals surface area contributed by atoms with Crippen molar-refractivity contribution in [2.75, 3.05) is 0 Å². The standard InChI is InChI=1S/C10H18O/c1-7(2)9-5-4-8(3)10(11)6-9/h6-9,11H,4-5H2,1-3H3. The highest BCUT2D eigenvalue weighted by atomic mass is 16.3. The predicted octanol–water partition coefficient (Wildman–Crippen LogP) is 3.13. The maximum absolute atomic E-state index is 9.46. The van der Waals surface area contributed by atoms with E-state index in [9.17, 15) is 5.11 Å². The highest BCUT2D eigenvalue weighted by Crippen LogP contribution is 2.30. The molecule has 0 aromatic rings. The summed E-state index contributed by atoms with van der Waals surface area (Å²) in [5, 5.41) is 9.46. The van der Waals surface area contributed by atoms with Crippen molar-refractivity contribution in [3.63, 3.8) is 0 Å². The first-order valence-corrected chi connectivity index (χ1v) is 4.52. The lowest BCUT2D eigenvalue weighted by Crippen LogP contribution is -2.15. The van der Waals surface area contributed by atoms with Crippen LogP contribution in [0.25, 0.3) is 0 Å². The third-order valence-electron chi connectivity index (χ3n) is 2.68. The van der Waals surface area contributed by atoms with Crippen LogP contribution in [0.15, 0.2) is 11.8 Å². The molecular formula is C10H18O. The molecule has 0 bridgehead atoms. The van der Waals surface area contributed by atoms with Gasteiger partial charge in [-0.05, 0) is 30.8 Å². The van der Waals surface area contributed by atoms with Gasteiger partial charge in [0.2, 0.25) is 0 Å². The van der Waals surface area contributed by atoms with E-state index in [2.05, 4.69) is 20.8 Å². The molecule has 1 aliphatic rings. The van der Waals surface area contributed by atoms with Gasteiger partial charge >= 0.3 is 0 Å². The fourth-order valence-electron chi connectivity index (χ4n) is 1.58. The normalized spacial score (nSPS) is 32.2. The summed E-state index contributed by atoms with van der Waals surface area (Å²) in [5.41, 5.74) is 0. The molecule has 0 spiro atoms. The summed E-state index contributed by atoms with van der Waals surface area (Å²) >= 11 is 0. The Hall–Kier alpha value is -0.460. The van der Waals surface area contributed by atoms with Crippen molar-refractivity contribution in [2.24, 2.45) is 17.8 Å². The molecule has 0 aromatic heterocycles. The first-order valence-electron chi connectivity index (χ1n) is 4.52. The molecule has 2 unspecified atom stereocenters. The predicted molar refractivity (Wildman–Crippen MR) is 47.4 cm³/mol. The zero-order chi connectivity index (χ0) is 8.43. The summed E-state index contributed by atoms with van der Waals surface area (Å²) in [6.45, 7) is 6.51. The van der Waals surface area contributed by atoms with Crippen molar-refractivity contribution in [2.45, 2.75) is 33.6 Å². The lowest BCUT2D eigenvalue weighted by atomic mass is 9.82. The summed E-state index contributed by atoms with van der Waals surface area (Å²) in [4.78, 5) is 0. The summed E-state index contributed by atoms with van der Waals surface area (Å²) in [7, 11) is 0. The first kappa shape index (κ1) is 8.63. The van der Waals surface area contributed by atoms with Crippen LogP contribution >= 0.6 is 0 Å². The Morgan fingerprint density at radius 2 is 2.09 bits per heavy atom. The summed E-state index contributed by atoms with van der Waals surface area (Å²) in [5.74, 6) is 2.27. The summed E-state index contributed by atoms with van der Waals surface area (Å²) in [6, 6.07) is 0. The molecule has 1 N–H and O–H groups in total. The lowest BCUT2D eigenvalue weighted by molar-refractivity contribution is 0.271. The summed E-state index contributed by atoms with van der Waals surface area (Å²) < 4.78 is 0. The van der Waals surface area contributed by atoms with E-state index in [-0.39, 0.29) is 0 Å². The molecule has 11 heavy (non-hydrogen) atoms. The SMILES string of the molecule is CC1CCC(C(C)C)C=C1O. The second-order valence-electron chi connectivity index (χ2n) is 3.98. The monoisotopic (exact) mass is 154 g/mol. The number of hydrogen-bond donors (Lipinski definition) is 1. The average Bonchev–Trinajstić information content (AvgIpc) is 1.94. The number of aliphatic hydroxyl groups is 1. The van der Waals surface area contributed by atoms with Crippen LogP contribution in [0.1, 0.15) is 33.6 Å². The van der Waals surface area contributed by atoms with Crippen molar-refractivity contribution in [1.29, 1.82) is 0 Å². The Bertz CT molecular complexity index is 158. The molecule has 64 valence electrons. The van der Waals surface area contributed by atoms with Crippen LogP contribution in [0.3, 0.4) is 0 Å². The molecule has 0 saturated carbocycles. The quantitative estimate of drug-likeness (QED) is 0.615. The molecule has 0 aliphatic heterocycles. The van der Waals surface area contributed by atoms with Crippen LogP contribution in [-0.2, 0) is 0 Å². The molecule has 0 radical (unpaired) electrons. The number of rotatable bonds is 1. The number of hydrogen-bond acceptors (Lipinski definition) is 1. The Morgan fingerprint density at radius 1 is 1.45 bits per heavy atom. The minimum Gasteiger partial charge on any atom is -0.512 e. The van der Waals surface area contributed by atoms with Crippen molar-refractivity contribution < 1.29 is 5.11 Å². The molecule has 0 fully saturated rings. The lowest BCUT2D eigenvalue weighted by Gasteiger charge is -2.25. The van der Waals surface area contributed by atoms with Crippen molar-refractivity contribution in [3.05, 3.63) is 11.8 Å². The number of aliphatic hydroxyl groups excluding tert-OH is 1. The largest absolute Gasteiger partial charge is 0.512 e. The van der Waals surface area contributed by atoms with E-state index in [4.69, 9.17) is 0 Å². The minimum atomic E-state index is 0.394. The van der Waals surface area contributed by atoms with E-state index >= 15 is 0 Å². The Morgan fingerprint density at radius 3 is 2.55 bits per heavy atom. The first-order chi connectivity index (χ1) is 5.11. The molecule has 1 heteroatoms. The fraction of sp³-hybridized carbons (Fsp3) is 0.800.